The average Bonchev–Trinajstić information content (AvgIpc) is 3.37. The van der Waals surface area contributed by atoms with Gasteiger partial charge in [-0.15, -0.1) is 17.9 Å². The van der Waals surface area contributed by atoms with Crippen molar-refractivity contribution >= 4 is 45.0 Å². The van der Waals surface area contributed by atoms with Crippen molar-refractivity contribution in [1.82, 2.24) is 14.7 Å². The van der Waals surface area contributed by atoms with E-state index in [9.17, 15) is 9.59 Å². The maximum atomic E-state index is 13.2. The monoisotopic (exact) mass is 452 g/mol. The van der Waals surface area contributed by atoms with E-state index in [4.69, 9.17) is 9.51 Å². The van der Waals surface area contributed by atoms with E-state index >= 15 is 0 Å². The Labute approximate surface area is 186 Å². The Kier molecular flexibility index (Phi) is 6.06. The number of fused-ring (bicyclic) bond motifs is 1. The molecule has 0 aliphatic carbocycles. The molecule has 0 spiro atoms. The normalized spacial score (nSPS) is 12.1. The molecule has 0 saturated carbocycles. The van der Waals surface area contributed by atoms with Gasteiger partial charge in [0, 0.05) is 17.5 Å². The number of benzene rings is 1. The summed E-state index contributed by atoms with van der Waals surface area (Å²) in [7, 11) is 0. The summed E-state index contributed by atoms with van der Waals surface area (Å²) in [4.78, 5) is 32.1. The minimum atomic E-state index is -0.508. The van der Waals surface area contributed by atoms with Gasteiger partial charge in [-0.05, 0) is 25.5 Å². The fraction of sp³-hybridized carbons (Fsp3) is 0.182. The van der Waals surface area contributed by atoms with Crippen LogP contribution < -0.4 is 10.9 Å². The summed E-state index contributed by atoms with van der Waals surface area (Å²) in [6.45, 7) is 7.56. The van der Waals surface area contributed by atoms with E-state index in [-0.39, 0.29) is 11.5 Å². The van der Waals surface area contributed by atoms with Crippen LogP contribution in [-0.2, 0) is 11.3 Å². The number of hydrogen-bond acceptors (Lipinski definition) is 7. The number of allylic oxidation sites excluding steroid dienone is 1. The minimum absolute atomic E-state index is 0.148. The second-order valence-electron chi connectivity index (χ2n) is 6.87. The summed E-state index contributed by atoms with van der Waals surface area (Å²) in [5, 5.41) is 7.02. The number of thiophene rings is 1. The first kappa shape index (κ1) is 21.1. The number of nitrogens with zero attached hydrogens (tertiary/aromatic N) is 3. The molecule has 9 heteroatoms. The van der Waals surface area contributed by atoms with Crippen LogP contribution in [0.25, 0.3) is 20.7 Å². The second kappa shape index (κ2) is 8.91. The number of anilines is 1. The number of hydrogen-bond donors (Lipinski definition) is 1. The van der Waals surface area contributed by atoms with Gasteiger partial charge >= 0.3 is 0 Å². The van der Waals surface area contributed by atoms with E-state index in [0.29, 0.717) is 33.5 Å². The molecule has 3 heterocycles. The summed E-state index contributed by atoms with van der Waals surface area (Å²) >= 11 is 2.68. The predicted octanol–water partition coefficient (Wildman–Crippen LogP) is 4.73. The molecular formula is C22H20N4O3S2. The molecule has 1 unspecified atom stereocenters. The number of amides is 1. The molecule has 0 radical (unpaired) electrons. The van der Waals surface area contributed by atoms with E-state index < -0.39 is 5.25 Å². The molecule has 4 rings (SSSR count). The number of thioether (sulfide) groups is 1. The largest absolute Gasteiger partial charge is 0.360 e. The van der Waals surface area contributed by atoms with Crippen molar-refractivity contribution in [2.75, 3.05) is 5.32 Å². The Balaban J connectivity index is 1.67. The third kappa shape index (κ3) is 4.47. The summed E-state index contributed by atoms with van der Waals surface area (Å²) in [6.07, 6.45) is 1.65. The molecule has 0 bridgehead atoms. The average molecular weight is 453 g/mol. The fourth-order valence-corrected chi connectivity index (χ4v) is 4.98. The topological polar surface area (TPSA) is 90.0 Å². The molecule has 7 nitrogen and oxygen atoms in total. The highest BCUT2D eigenvalue weighted by molar-refractivity contribution is 8.00. The van der Waals surface area contributed by atoms with Crippen molar-refractivity contribution in [1.29, 1.82) is 0 Å². The lowest BCUT2D eigenvalue weighted by molar-refractivity contribution is -0.115. The Morgan fingerprint density at radius 3 is 2.81 bits per heavy atom. The van der Waals surface area contributed by atoms with Crippen LogP contribution in [0.2, 0.25) is 0 Å². The number of aryl methyl sites for hydroxylation is 1. The molecule has 3 aromatic heterocycles. The first-order valence-electron chi connectivity index (χ1n) is 9.58. The molecule has 1 atom stereocenters. The molecular weight excluding hydrogens is 432 g/mol. The van der Waals surface area contributed by atoms with Crippen molar-refractivity contribution in [2.45, 2.75) is 30.8 Å². The van der Waals surface area contributed by atoms with E-state index in [1.165, 1.54) is 23.1 Å². The standard InChI is InChI=1S/C22H20N4O3S2/c1-4-10-26-21(28)16-12-17(15-8-6-5-7-9-15)31-20(16)24-22(26)30-14(3)19(27)23-18-11-13(2)29-25-18/h4-9,11-12,14H,1,10H2,2-3H3,(H,23,25,27). The Morgan fingerprint density at radius 2 is 2.13 bits per heavy atom. The molecule has 0 aliphatic heterocycles. The Bertz CT molecular complexity index is 1310. The molecule has 158 valence electrons. The van der Waals surface area contributed by atoms with Gasteiger partial charge in [0.15, 0.2) is 11.0 Å². The third-order valence-corrected chi connectivity index (χ3v) is 6.68. The summed E-state index contributed by atoms with van der Waals surface area (Å²) in [5.74, 6) is 0.705. The van der Waals surface area contributed by atoms with Gasteiger partial charge in [0.2, 0.25) is 5.91 Å². The molecule has 4 aromatic rings. The van der Waals surface area contributed by atoms with Crippen molar-refractivity contribution in [3.8, 4) is 10.4 Å². The molecule has 0 aliphatic rings. The third-order valence-electron chi connectivity index (χ3n) is 4.52. The zero-order chi connectivity index (χ0) is 22.0. The van der Waals surface area contributed by atoms with Gasteiger partial charge in [-0.2, -0.15) is 0 Å². The summed E-state index contributed by atoms with van der Waals surface area (Å²) < 4.78 is 6.53. The zero-order valence-electron chi connectivity index (χ0n) is 17.0. The zero-order valence-corrected chi connectivity index (χ0v) is 18.6. The summed E-state index contributed by atoms with van der Waals surface area (Å²) in [6, 6.07) is 13.4. The molecule has 1 N–H and O–H groups in total. The van der Waals surface area contributed by atoms with Crippen LogP contribution in [0.3, 0.4) is 0 Å². The quantitative estimate of drug-likeness (QED) is 0.248. The van der Waals surface area contributed by atoms with E-state index in [1.807, 2.05) is 36.4 Å². The highest BCUT2D eigenvalue weighted by atomic mass is 32.2. The lowest BCUT2D eigenvalue weighted by Gasteiger charge is -2.14. The van der Waals surface area contributed by atoms with Crippen molar-refractivity contribution in [3.05, 3.63) is 71.2 Å². The van der Waals surface area contributed by atoms with E-state index in [1.54, 1.807) is 30.6 Å². The van der Waals surface area contributed by atoms with Crippen molar-refractivity contribution in [3.63, 3.8) is 0 Å². The molecule has 1 aromatic carbocycles. The van der Waals surface area contributed by atoms with Gasteiger partial charge in [-0.3, -0.25) is 14.2 Å². The van der Waals surface area contributed by atoms with Gasteiger partial charge in [0.1, 0.15) is 10.6 Å². The van der Waals surface area contributed by atoms with Gasteiger partial charge < -0.3 is 9.84 Å². The first-order valence-corrected chi connectivity index (χ1v) is 11.3. The Morgan fingerprint density at radius 1 is 1.35 bits per heavy atom. The van der Waals surface area contributed by atoms with Gasteiger partial charge in [-0.1, -0.05) is 53.3 Å². The van der Waals surface area contributed by atoms with Crippen LogP contribution in [0, 0.1) is 6.92 Å². The number of carbonyl (C=O) groups is 1. The maximum absolute atomic E-state index is 13.2. The Hall–Kier alpha value is -3.17. The van der Waals surface area contributed by atoms with Crippen molar-refractivity contribution < 1.29 is 9.32 Å². The fourth-order valence-electron chi connectivity index (χ4n) is 2.99. The highest BCUT2D eigenvalue weighted by Gasteiger charge is 2.21. The van der Waals surface area contributed by atoms with Crippen molar-refractivity contribution in [2.24, 2.45) is 0 Å². The molecule has 31 heavy (non-hydrogen) atoms. The lowest BCUT2D eigenvalue weighted by Crippen LogP contribution is -2.26. The van der Waals surface area contributed by atoms with Crippen LogP contribution in [0.4, 0.5) is 5.82 Å². The van der Waals surface area contributed by atoms with Gasteiger partial charge in [-0.25, -0.2) is 4.98 Å². The van der Waals surface area contributed by atoms with Crippen LogP contribution in [0.5, 0.6) is 0 Å². The van der Waals surface area contributed by atoms with Gasteiger partial charge in [0.05, 0.1) is 10.6 Å². The maximum Gasteiger partial charge on any atom is 0.263 e. The molecule has 0 fully saturated rings. The smallest absolute Gasteiger partial charge is 0.263 e. The number of carbonyl (C=O) groups excluding carboxylic acids is 1. The lowest BCUT2D eigenvalue weighted by atomic mass is 10.2. The second-order valence-corrected chi connectivity index (χ2v) is 9.21. The SMILES string of the molecule is C=CCn1c(SC(C)C(=O)Nc2cc(C)on2)nc2sc(-c3ccccc3)cc2c1=O. The van der Waals surface area contributed by atoms with E-state index in [0.717, 1.165) is 10.4 Å². The van der Waals surface area contributed by atoms with E-state index in [2.05, 4.69) is 17.1 Å². The predicted molar refractivity (Wildman–Crippen MR) is 125 cm³/mol. The molecule has 0 saturated heterocycles. The summed E-state index contributed by atoms with van der Waals surface area (Å²) in [5.41, 5.74) is 0.885. The number of nitrogens with one attached hydrogen (secondary N) is 1. The van der Waals surface area contributed by atoms with Crippen LogP contribution in [-0.4, -0.2) is 25.9 Å². The number of rotatable bonds is 7. The van der Waals surface area contributed by atoms with Crippen LogP contribution in [0.15, 0.2) is 69.6 Å². The highest BCUT2D eigenvalue weighted by Crippen LogP contribution is 2.32. The van der Waals surface area contributed by atoms with Gasteiger partial charge in [0.25, 0.3) is 5.56 Å². The molecule has 1 amide bonds. The first-order chi connectivity index (χ1) is 15.0. The van der Waals surface area contributed by atoms with Crippen LogP contribution in [0.1, 0.15) is 12.7 Å². The minimum Gasteiger partial charge on any atom is -0.360 e. The number of aromatic nitrogens is 3. The van der Waals surface area contributed by atoms with Crippen LogP contribution >= 0.6 is 23.1 Å².